The number of aliphatic hydroxyl groups is 1. The second-order valence-electron chi connectivity index (χ2n) is 8.91. The molecule has 3 amide bonds. The van der Waals surface area contributed by atoms with Gasteiger partial charge in [0.2, 0.25) is 17.7 Å². The number of aromatic amines is 1. The number of benzene rings is 2. The number of aliphatic hydroxyl groups excluding tert-OH is 1. The van der Waals surface area contributed by atoms with E-state index in [0.29, 0.717) is 11.1 Å². The molecule has 3 rings (SSSR count). The Labute approximate surface area is 218 Å². The quantitative estimate of drug-likeness (QED) is 0.155. The summed E-state index contributed by atoms with van der Waals surface area (Å²) in [6, 6.07) is 8.61. The first-order chi connectivity index (χ1) is 18.1. The van der Waals surface area contributed by atoms with Crippen molar-refractivity contribution in [1.82, 2.24) is 20.9 Å². The fourth-order valence-electron chi connectivity index (χ4n) is 3.85. The van der Waals surface area contributed by atoms with Gasteiger partial charge in [-0.05, 0) is 42.7 Å². The van der Waals surface area contributed by atoms with Crippen LogP contribution in [0.5, 0.6) is 5.75 Å². The van der Waals surface area contributed by atoms with E-state index in [-0.39, 0.29) is 18.6 Å². The smallest absolute Gasteiger partial charge is 0.326 e. The fourth-order valence-corrected chi connectivity index (χ4v) is 3.85. The highest BCUT2D eigenvalue weighted by Gasteiger charge is 2.28. The molecule has 2 aromatic carbocycles. The Kier molecular flexibility index (Phi) is 9.41. The summed E-state index contributed by atoms with van der Waals surface area (Å²) in [5.41, 5.74) is 8.12. The van der Waals surface area contributed by atoms with Crippen molar-refractivity contribution in [2.45, 2.75) is 43.9 Å². The van der Waals surface area contributed by atoms with Gasteiger partial charge >= 0.3 is 5.97 Å². The number of hydrogen-bond acceptors (Lipinski definition) is 7. The average molecular weight is 526 g/mol. The number of aromatic nitrogens is 1. The van der Waals surface area contributed by atoms with E-state index in [1.807, 2.05) is 24.3 Å². The Hall–Kier alpha value is -4.42. The molecule has 4 unspecified atom stereocenters. The summed E-state index contributed by atoms with van der Waals surface area (Å²) in [7, 11) is 0. The lowest BCUT2D eigenvalue weighted by Crippen LogP contribution is -2.57. The number of amides is 3. The first-order valence-corrected chi connectivity index (χ1v) is 11.9. The molecule has 202 valence electrons. The molecular weight excluding hydrogens is 494 g/mol. The molecule has 0 aliphatic heterocycles. The maximum atomic E-state index is 12.7. The average Bonchev–Trinajstić information content (AvgIpc) is 3.30. The first-order valence-electron chi connectivity index (χ1n) is 11.9. The van der Waals surface area contributed by atoms with Crippen LogP contribution in [0.15, 0.2) is 54.7 Å². The molecule has 12 nitrogen and oxygen atoms in total. The molecule has 0 fully saturated rings. The van der Waals surface area contributed by atoms with Crippen LogP contribution >= 0.6 is 0 Å². The highest BCUT2D eigenvalue weighted by atomic mass is 16.4. The van der Waals surface area contributed by atoms with Crippen molar-refractivity contribution >= 4 is 34.6 Å². The number of nitrogens with one attached hydrogen (secondary N) is 4. The number of nitrogens with two attached hydrogens (primary N) is 1. The van der Waals surface area contributed by atoms with Gasteiger partial charge in [-0.1, -0.05) is 30.3 Å². The van der Waals surface area contributed by atoms with E-state index in [1.165, 1.54) is 19.1 Å². The van der Waals surface area contributed by atoms with Crippen LogP contribution in [0.1, 0.15) is 18.1 Å². The number of phenols is 1. The monoisotopic (exact) mass is 525 g/mol. The van der Waals surface area contributed by atoms with E-state index < -0.39 is 54.5 Å². The van der Waals surface area contributed by atoms with Gasteiger partial charge in [-0.25, -0.2) is 4.79 Å². The molecule has 1 aromatic heterocycles. The standard InChI is InChI=1S/C26H31N5O7/c1-14(23(34)30-21(26(37)38)11-16-12-28-20-5-3-2-4-18(16)20)29-25(36)22(13-32)31-24(35)19(27)10-15-6-8-17(33)9-7-15/h2-9,12,14,19,21-22,28,32-33H,10-11,13,27H2,1H3,(H,29,36)(H,30,34)(H,31,35)(H,37,38). The molecule has 0 bridgehead atoms. The van der Waals surface area contributed by atoms with E-state index in [0.717, 1.165) is 10.9 Å². The molecule has 4 atom stereocenters. The zero-order valence-electron chi connectivity index (χ0n) is 20.7. The Morgan fingerprint density at radius 1 is 0.895 bits per heavy atom. The van der Waals surface area contributed by atoms with Crippen LogP contribution in [0.25, 0.3) is 10.9 Å². The third kappa shape index (κ3) is 7.31. The van der Waals surface area contributed by atoms with Crippen molar-refractivity contribution in [2.75, 3.05) is 6.61 Å². The van der Waals surface area contributed by atoms with Gasteiger partial charge in [0.05, 0.1) is 12.6 Å². The van der Waals surface area contributed by atoms with Crippen LogP contribution in [-0.2, 0) is 32.0 Å². The van der Waals surface area contributed by atoms with Crippen LogP contribution < -0.4 is 21.7 Å². The van der Waals surface area contributed by atoms with Crippen LogP contribution in [0, 0.1) is 0 Å². The third-order valence-electron chi connectivity index (χ3n) is 6.01. The maximum absolute atomic E-state index is 12.7. The van der Waals surface area contributed by atoms with Crippen LogP contribution in [0.3, 0.4) is 0 Å². The van der Waals surface area contributed by atoms with Crippen molar-refractivity contribution in [3.63, 3.8) is 0 Å². The van der Waals surface area contributed by atoms with Crippen molar-refractivity contribution < 1.29 is 34.5 Å². The summed E-state index contributed by atoms with van der Waals surface area (Å²) in [5.74, 6) is -3.48. The molecule has 0 radical (unpaired) electrons. The van der Waals surface area contributed by atoms with Crippen LogP contribution in [0.2, 0.25) is 0 Å². The number of carboxylic acids is 1. The summed E-state index contributed by atoms with van der Waals surface area (Å²) in [6.45, 7) is 0.598. The molecule has 0 saturated carbocycles. The molecule has 0 aliphatic carbocycles. The SMILES string of the molecule is CC(NC(=O)C(CO)NC(=O)C(N)Cc1ccc(O)cc1)C(=O)NC(Cc1c[nH]c2ccccc12)C(=O)O. The van der Waals surface area contributed by atoms with Gasteiger partial charge < -0.3 is 42.0 Å². The van der Waals surface area contributed by atoms with Gasteiger partial charge in [-0.2, -0.15) is 0 Å². The number of carbonyl (C=O) groups is 4. The lowest BCUT2D eigenvalue weighted by atomic mass is 10.0. The predicted octanol–water partition coefficient (Wildman–Crippen LogP) is -0.463. The number of phenolic OH excluding ortho intramolecular Hbond substituents is 1. The molecule has 0 aliphatic rings. The van der Waals surface area contributed by atoms with Gasteiger partial charge in [0, 0.05) is 23.5 Å². The van der Waals surface area contributed by atoms with E-state index in [2.05, 4.69) is 20.9 Å². The number of aliphatic carboxylic acids is 1. The number of carboxylic acid groups (broad SMARTS) is 1. The van der Waals surface area contributed by atoms with Crippen molar-refractivity contribution in [2.24, 2.45) is 5.73 Å². The number of fused-ring (bicyclic) bond motifs is 1. The van der Waals surface area contributed by atoms with Crippen LogP contribution in [-0.4, -0.2) is 74.8 Å². The number of rotatable bonds is 12. The van der Waals surface area contributed by atoms with E-state index >= 15 is 0 Å². The van der Waals surface area contributed by atoms with Gasteiger partial charge in [0.1, 0.15) is 23.9 Å². The van der Waals surface area contributed by atoms with Crippen LogP contribution in [0.4, 0.5) is 0 Å². The number of H-pyrrole nitrogens is 1. The number of hydrogen-bond donors (Lipinski definition) is 8. The highest BCUT2D eigenvalue weighted by Crippen LogP contribution is 2.19. The lowest BCUT2D eigenvalue weighted by Gasteiger charge is -2.22. The van der Waals surface area contributed by atoms with Crippen molar-refractivity contribution in [1.29, 1.82) is 0 Å². The molecule has 12 heteroatoms. The van der Waals surface area contributed by atoms with Gasteiger partial charge in [-0.15, -0.1) is 0 Å². The predicted molar refractivity (Wildman–Crippen MR) is 138 cm³/mol. The van der Waals surface area contributed by atoms with E-state index in [4.69, 9.17) is 5.73 Å². The number of aromatic hydroxyl groups is 1. The van der Waals surface area contributed by atoms with E-state index in [1.54, 1.807) is 18.3 Å². The summed E-state index contributed by atoms with van der Waals surface area (Å²) >= 11 is 0. The Morgan fingerprint density at radius 3 is 2.21 bits per heavy atom. The van der Waals surface area contributed by atoms with Crippen molar-refractivity contribution in [3.8, 4) is 5.75 Å². The highest BCUT2D eigenvalue weighted by molar-refractivity contribution is 5.94. The first kappa shape index (κ1) is 28.2. The lowest BCUT2D eigenvalue weighted by molar-refractivity contribution is -0.142. The molecule has 38 heavy (non-hydrogen) atoms. The van der Waals surface area contributed by atoms with Gasteiger partial charge in [0.25, 0.3) is 0 Å². The molecule has 0 spiro atoms. The molecule has 1 heterocycles. The molecule has 3 aromatic rings. The third-order valence-corrected chi connectivity index (χ3v) is 6.01. The normalized spacial score (nSPS) is 14.2. The molecule has 0 saturated heterocycles. The summed E-state index contributed by atoms with van der Waals surface area (Å²) in [6.07, 6.45) is 1.82. The van der Waals surface area contributed by atoms with Gasteiger partial charge in [0.15, 0.2) is 0 Å². The molecular formula is C26H31N5O7. The summed E-state index contributed by atoms with van der Waals surface area (Å²) in [5, 5.41) is 36.6. The molecule has 9 N–H and O–H groups in total. The van der Waals surface area contributed by atoms with Crippen molar-refractivity contribution in [3.05, 3.63) is 65.9 Å². The summed E-state index contributed by atoms with van der Waals surface area (Å²) < 4.78 is 0. The summed E-state index contributed by atoms with van der Waals surface area (Å²) in [4.78, 5) is 52.6. The minimum absolute atomic E-state index is 0.0139. The number of para-hydroxylation sites is 1. The second-order valence-corrected chi connectivity index (χ2v) is 8.91. The zero-order chi connectivity index (χ0) is 27.8. The van der Waals surface area contributed by atoms with Gasteiger partial charge in [-0.3, -0.25) is 14.4 Å². The maximum Gasteiger partial charge on any atom is 0.326 e. The Balaban J connectivity index is 1.55. The fraction of sp³-hybridized carbons (Fsp3) is 0.308. The van der Waals surface area contributed by atoms with E-state index in [9.17, 15) is 34.5 Å². The Morgan fingerprint density at radius 2 is 1.55 bits per heavy atom. The minimum atomic E-state index is -1.38. The zero-order valence-corrected chi connectivity index (χ0v) is 20.7. The minimum Gasteiger partial charge on any atom is -0.508 e. The topological polar surface area (TPSA) is 207 Å². The Bertz CT molecular complexity index is 1290. The largest absolute Gasteiger partial charge is 0.508 e. The second kappa shape index (κ2) is 12.7. The number of carbonyl (C=O) groups excluding carboxylic acids is 3.